The van der Waals surface area contributed by atoms with Gasteiger partial charge in [-0.2, -0.15) is 0 Å². The zero-order valence-corrected chi connectivity index (χ0v) is 7.47. The number of hydrogen-bond donors (Lipinski definition) is 0. The summed E-state index contributed by atoms with van der Waals surface area (Å²) >= 11 is 0. The molecular formula is C9H17NO. The normalized spacial score (nSPS) is 22.4. The fourth-order valence-corrected chi connectivity index (χ4v) is 1.40. The standard InChI is InChI=1S/C7H13NO.C2H4/c1-6-4-3-5-8(6)7(2)9;1-2/h6H,3-5H2,1-2H3;1-2H2. The number of likely N-dealkylation sites (tertiary alicyclic amines) is 1. The quantitative estimate of drug-likeness (QED) is 0.489. The van der Waals surface area contributed by atoms with Crippen LogP contribution in [-0.4, -0.2) is 23.4 Å². The van der Waals surface area contributed by atoms with Crippen LogP contribution in [0, 0.1) is 0 Å². The van der Waals surface area contributed by atoms with Crippen LogP contribution in [0.5, 0.6) is 0 Å². The topological polar surface area (TPSA) is 20.3 Å². The van der Waals surface area contributed by atoms with E-state index >= 15 is 0 Å². The molecule has 0 saturated carbocycles. The Labute approximate surface area is 68.9 Å². The lowest BCUT2D eigenvalue weighted by Gasteiger charge is -2.18. The van der Waals surface area contributed by atoms with Gasteiger partial charge in [-0.1, -0.05) is 0 Å². The zero-order valence-electron chi connectivity index (χ0n) is 7.47. The molecule has 2 heteroatoms. The molecule has 0 bridgehead atoms. The van der Waals surface area contributed by atoms with E-state index in [1.165, 1.54) is 12.8 Å². The van der Waals surface area contributed by atoms with Crippen LogP contribution in [0.3, 0.4) is 0 Å². The Kier molecular flexibility index (Phi) is 4.59. The van der Waals surface area contributed by atoms with Gasteiger partial charge in [0, 0.05) is 19.5 Å². The first-order chi connectivity index (χ1) is 5.22. The van der Waals surface area contributed by atoms with Crippen molar-refractivity contribution in [1.82, 2.24) is 4.90 Å². The van der Waals surface area contributed by atoms with Crippen molar-refractivity contribution in [3.8, 4) is 0 Å². The predicted molar refractivity (Wildman–Crippen MR) is 47.3 cm³/mol. The number of amides is 1. The second kappa shape index (κ2) is 4.94. The fraction of sp³-hybridized carbons (Fsp3) is 0.667. The van der Waals surface area contributed by atoms with Crippen LogP contribution < -0.4 is 0 Å². The van der Waals surface area contributed by atoms with E-state index in [0.717, 1.165) is 6.54 Å². The summed E-state index contributed by atoms with van der Waals surface area (Å²) in [6.45, 7) is 10.7. The molecular weight excluding hydrogens is 138 g/mol. The molecule has 1 rings (SSSR count). The molecule has 1 heterocycles. The summed E-state index contributed by atoms with van der Waals surface area (Å²) in [4.78, 5) is 12.7. The van der Waals surface area contributed by atoms with Crippen molar-refractivity contribution < 1.29 is 4.79 Å². The van der Waals surface area contributed by atoms with E-state index in [0.29, 0.717) is 6.04 Å². The van der Waals surface area contributed by atoms with Crippen molar-refractivity contribution in [3.05, 3.63) is 13.2 Å². The number of carbonyl (C=O) groups is 1. The number of carbonyl (C=O) groups excluding carboxylic acids is 1. The summed E-state index contributed by atoms with van der Waals surface area (Å²) < 4.78 is 0. The second-order valence-electron chi connectivity index (χ2n) is 2.70. The van der Waals surface area contributed by atoms with Crippen molar-refractivity contribution >= 4 is 5.91 Å². The molecule has 64 valence electrons. The molecule has 0 spiro atoms. The second-order valence-corrected chi connectivity index (χ2v) is 2.70. The molecule has 1 atom stereocenters. The van der Waals surface area contributed by atoms with Gasteiger partial charge < -0.3 is 4.90 Å². The van der Waals surface area contributed by atoms with Crippen LogP contribution in [0.1, 0.15) is 26.7 Å². The SMILES string of the molecule is C=C.CC(=O)N1CCCC1C. The van der Waals surface area contributed by atoms with Crippen LogP contribution in [0.2, 0.25) is 0 Å². The van der Waals surface area contributed by atoms with Gasteiger partial charge in [0.2, 0.25) is 5.91 Å². The first-order valence-electron chi connectivity index (χ1n) is 3.99. The van der Waals surface area contributed by atoms with E-state index in [1.54, 1.807) is 6.92 Å². The molecule has 0 aliphatic carbocycles. The highest BCUT2D eigenvalue weighted by atomic mass is 16.2. The highest BCUT2D eigenvalue weighted by molar-refractivity contribution is 5.73. The number of rotatable bonds is 0. The Hall–Kier alpha value is -0.790. The van der Waals surface area contributed by atoms with Gasteiger partial charge in [0.1, 0.15) is 0 Å². The van der Waals surface area contributed by atoms with Gasteiger partial charge in [-0.15, -0.1) is 13.2 Å². The van der Waals surface area contributed by atoms with Gasteiger partial charge in [0.25, 0.3) is 0 Å². The fourth-order valence-electron chi connectivity index (χ4n) is 1.40. The molecule has 1 aliphatic heterocycles. The summed E-state index contributed by atoms with van der Waals surface area (Å²) in [5.74, 6) is 0.222. The molecule has 2 nitrogen and oxygen atoms in total. The highest BCUT2D eigenvalue weighted by Crippen LogP contribution is 2.15. The minimum Gasteiger partial charge on any atom is -0.340 e. The van der Waals surface area contributed by atoms with Gasteiger partial charge in [-0.05, 0) is 19.8 Å². The van der Waals surface area contributed by atoms with Gasteiger partial charge in [0.15, 0.2) is 0 Å². The van der Waals surface area contributed by atoms with Crippen molar-refractivity contribution in [1.29, 1.82) is 0 Å². The van der Waals surface area contributed by atoms with Crippen molar-refractivity contribution in [2.75, 3.05) is 6.54 Å². The van der Waals surface area contributed by atoms with Gasteiger partial charge in [-0.25, -0.2) is 0 Å². The lowest BCUT2D eigenvalue weighted by molar-refractivity contribution is -0.129. The molecule has 0 aromatic rings. The van der Waals surface area contributed by atoms with Crippen molar-refractivity contribution in [3.63, 3.8) is 0 Å². The third-order valence-electron chi connectivity index (χ3n) is 1.96. The highest BCUT2D eigenvalue weighted by Gasteiger charge is 2.21. The average molecular weight is 155 g/mol. The predicted octanol–water partition coefficient (Wildman–Crippen LogP) is 1.82. The van der Waals surface area contributed by atoms with E-state index in [4.69, 9.17) is 0 Å². The maximum atomic E-state index is 10.8. The first-order valence-corrected chi connectivity index (χ1v) is 3.99. The Morgan fingerprint density at radius 1 is 1.55 bits per heavy atom. The van der Waals surface area contributed by atoms with Crippen molar-refractivity contribution in [2.24, 2.45) is 0 Å². The van der Waals surface area contributed by atoms with Crippen LogP contribution in [-0.2, 0) is 4.79 Å². The molecule has 1 amide bonds. The Bertz CT molecular complexity index is 134. The van der Waals surface area contributed by atoms with Crippen LogP contribution in [0.15, 0.2) is 13.2 Å². The van der Waals surface area contributed by atoms with E-state index < -0.39 is 0 Å². The van der Waals surface area contributed by atoms with Crippen LogP contribution in [0.25, 0.3) is 0 Å². The third kappa shape index (κ3) is 2.74. The Morgan fingerprint density at radius 2 is 2.09 bits per heavy atom. The zero-order chi connectivity index (χ0) is 8.85. The summed E-state index contributed by atoms with van der Waals surface area (Å²) in [7, 11) is 0. The van der Waals surface area contributed by atoms with E-state index in [-0.39, 0.29) is 5.91 Å². The minimum absolute atomic E-state index is 0.222. The summed E-state index contributed by atoms with van der Waals surface area (Å²) in [5.41, 5.74) is 0. The van der Waals surface area contributed by atoms with Crippen LogP contribution >= 0.6 is 0 Å². The van der Waals surface area contributed by atoms with Gasteiger partial charge in [0.05, 0.1) is 0 Å². The molecule has 0 aromatic carbocycles. The van der Waals surface area contributed by atoms with Crippen molar-refractivity contribution in [2.45, 2.75) is 32.7 Å². The maximum Gasteiger partial charge on any atom is 0.219 e. The molecule has 0 aromatic heterocycles. The minimum atomic E-state index is 0.222. The van der Waals surface area contributed by atoms with E-state index in [1.807, 2.05) is 4.90 Å². The maximum absolute atomic E-state index is 10.8. The molecule has 1 fully saturated rings. The number of nitrogens with zero attached hydrogens (tertiary/aromatic N) is 1. The van der Waals surface area contributed by atoms with E-state index in [2.05, 4.69) is 20.1 Å². The summed E-state index contributed by atoms with van der Waals surface area (Å²) in [5, 5.41) is 0. The molecule has 0 N–H and O–H groups in total. The van der Waals surface area contributed by atoms with Gasteiger partial charge >= 0.3 is 0 Å². The largest absolute Gasteiger partial charge is 0.340 e. The monoisotopic (exact) mass is 155 g/mol. The third-order valence-corrected chi connectivity index (χ3v) is 1.96. The van der Waals surface area contributed by atoms with Gasteiger partial charge in [-0.3, -0.25) is 4.79 Å². The molecule has 0 radical (unpaired) electrons. The lowest BCUT2D eigenvalue weighted by Crippen LogP contribution is -2.31. The number of hydrogen-bond acceptors (Lipinski definition) is 1. The summed E-state index contributed by atoms with van der Waals surface area (Å²) in [6.07, 6.45) is 2.36. The molecule has 1 saturated heterocycles. The summed E-state index contributed by atoms with van der Waals surface area (Å²) in [6, 6.07) is 0.488. The van der Waals surface area contributed by atoms with Crippen LogP contribution in [0.4, 0.5) is 0 Å². The molecule has 11 heavy (non-hydrogen) atoms. The first kappa shape index (κ1) is 10.2. The molecule has 1 aliphatic rings. The molecule has 1 unspecified atom stereocenters. The Morgan fingerprint density at radius 3 is 2.27 bits per heavy atom. The lowest BCUT2D eigenvalue weighted by atomic mass is 10.2. The average Bonchev–Trinajstić information content (AvgIpc) is 2.39. The Balaban J connectivity index is 0.000000461. The smallest absolute Gasteiger partial charge is 0.219 e. The van der Waals surface area contributed by atoms with E-state index in [9.17, 15) is 4.79 Å².